The topological polar surface area (TPSA) is 0 Å². The van der Waals surface area contributed by atoms with Gasteiger partial charge in [0.1, 0.15) is 5.82 Å². The molecule has 0 spiro atoms. The highest BCUT2D eigenvalue weighted by molar-refractivity contribution is 9.08. The van der Waals surface area contributed by atoms with Gasteiger partial charge in [-0.15, -0.1) is 0 Å². The molecule has 0 bridgehead atoms. The van der Waals surface area contributed by atoms with E-state index in [1.807, 2.05) is 6.07 Å². The van der Waals surface area contributed by atoms with Crippen molar-refractivity contribution in [3.8, 4) is 0 Å². The predicted molar refractivity (Wildman–Crippen MR) is 51.7 cm³/mol. The molecule has 0 nitrogen and oxygen atoms in total. The number of halogens is 3. The summed E-state index contributed by atoms with van der Waals surface area (Å²) in [7, 11) is 0. The lowest BCUT2D eigenvalue weighted by Gasteiger charge is -1.99. The summed E-state index contributed by atoms with van der Waals surface area (Å²) in [5, 5.41) is 1.40. The third-order valence-corrected chi connectivity index (χ3v) is 2.62. The highest BCUT2D eigenvalue weighted by Crippen LogP contribution is 2.14. The lowest BCUT2D eigenvalue weighted by Crippen LogP contribution is -1.85. The minimum atomic E-state index is -0.170. The van der Waals surface area contributed by atoms with Gasteiger partial charge in [-0.3, -0.25) is 0 Å². The van der Waals surface area contributed by atoms with Gasteiger partial charge >= 0.3 is 0 Å². The van der Waals surface area contributed by atoms with Gasteiger partial charge in [0, 0.05) is 10.7 Å². The molecule has 0 N–H and O–H groups in total. The lowest BCUT2D eigenvalue weighted by molar-refractivity contribution is 0.625. The number of hydrogen-bond donors (Lipinski definition) is 0. The van der Waals surface area contributed by atoms with E-state index in [2.05, 4.69) is 31.9 Å². The molecule has 0 saturated heterocycles. The molecule has 0 aliphatic carbocycles. The summed E-state index contributed by atoms with van der Waals surface area (Å²) < 4.78 is 12.8. The van der Waals surface area contributed by atoms with Crippen molar-refractivity contribution in [3.05, 3.63) is 35.1 Å². The van der Waals surface area contributed by atoms with Crippen LogP contribution in [0.2, 0.25) is 0 Å². The Morgan fingerprint density at radius 1 is 1.00 bits per heavy atom. The van der Waals surface area contributed by atoms with E-state index in [4.69, 9.17) is 0 Å². The van der Waals surface area contributed by atoms with Gasteiger partial charge in [0.05, 0.1) is 0 Å². The quantitative estimate of drug-likeness (QED) is 0.727. The third kappa shape index (κ3) is 2.56. The van der Waals surface area contributed by atoms with Crippen molar-refractivity contribution in [1.29, 1.82) is 0 Å². The van der Waals surface area contributed by atoms with E-state index in [1.165, 1.54) is 12.1 Å². The van der Waals surface area contributed by atoms with E-state index in [-0.39, 0.29) is 5.82 Å². The smallest absolute Gasteiger partial charge is 0.123 e. The van der Waals surface area contributed by atoms with Gasteiger partial charge in [-0.05, 0) is 23.3 Å². The largest absolute Gasteiger partial charge is 0.207 e. The van der Waals surface area contributed by atoms with Crippen molar-refractivity contribution < 1.29 is 4.39 Å². The molecule has 60 valence electrons. The summed E-state index contributed by atoms with van der Waals surface area (Å²) in [6, 6.07) is 5.02. The zero-order chi connectivity index (χ0) is 8.27. The van der Waals surface area contributed by atoms with Crippen molar-refractivity contribution in [2.75, 3.05) is 0 Å². The first-order valence-corrected chi connectivity index (χ1v) is 5.41. The highest BCUT2D eigenvalue weighted by Gasteiger charge is 1.97. The van der Waals surface area contributed by atoms with Gasteiger partial charge < -0.3 is 0 Å². The van der Waals surface area contributed by atoms with Crippen LogP contribution in [0.15, 0.2) is 18.2 Å². The van der Waals surface area contributed by atoms with E-state index in [9.17, 15) is 4.39 Å². The van der Waals surface area contributed by atoms with Crippen LogP contribution in [-0.2, 0) is 10.7 Å². The summed E-state index contributed by atoms with van der Waals surface area (Å²) in [4.78, 5) is 0. The minimum absolute atomic E-state index is 0.170. The maximum Gasteiger partial charge on any atom is 0.123 e. The van der Waals surface area contributed by atoms with Gasteiger partial charge in [-0.25, -0.2) is 4.39 Å². The molecule has 0 aliphatic rings. The van der Waals surface area contributed by atoms with Crippen LogP contribution in [0.3, 0.4) is 0 Å². The van der Waals surface area contributed by atoms with Gasteiger partial charge in [-0.1, -0.05) is 37.9 Å². The number of hydrogen-bond acceptors (Lipinski definition) is 0. The zero-order valence-corrected chi connectivity index (χ0v) is 8.95. The van der Waals surface area contributed by atoms with Crippen LogP contribution in [0.25, 0.3) is 0 Å². The molecule has 0 amide bonds. The van der Waals surface area contributed by atoms with Crippen LogP contribution < -0.4 is 0 Å². The maximum absolute atomic E-state index is 12.8. The predicted octanol–water partition coefficient (Wildman–Crippen LogP) is 3.62. The molecule has 1 aromatic rings. The minimum Gasteiger partial charge on any atom is -0.207 e. The molecule has 0 unspecified atom stereocenters. The van der Waals surface area contributed by atoms with Gasteiger partial charge in [0.25, 0.3) is 0 Å². The summed E-state index contributed by atoms with van der Waals surface area (Å²) in [5.74, 6) is -0.170. The molecule has 1 aromatic carbocycles. The SMILES string of the molecule is Fc1cc(CBr)cc(CBr)c1. The fraction of sp³-hybridized carbons (Fsp3) is 0.250. The van der Waals surface area contributed by atoms with E-state index in [0.29, 0.717) is 10.7 Å². The normalized spacial score (nSPS) is 10.1. The summed E-state index contributed by atoms with van der Waals surface area (Å²) in [6.07, 6.45) is 0. The first-order valence-electron chi connectivity index (χ1n) is 3.16. The molecule has 0 saturated carbocycles. The summed E-state index contributed by atoms with van der Waals surface area (Å²) >= 11 is 6.55. The molecule has 11 heavy (non-hydrogen) atoms. The van der Waals surface area contributed by atoms with Crippen LogP contribution >= 0.6 is 31.9 Å². The molecule has 0 radical (unpaired) electrons. The number of rotatable bonds is 2. The average molecular weight is 282 g/mol. The molecule has 0 heterocycles. The first-order chi connectivity index (χ1) is 5.26. The van der Waals surface area contributed by atoms with Gasteiger partial charge in [0.2, 0.25) is 0 Å². The zero-order valence-electron chi connectivity index (χ0n) is 5.78. The lowest BCUT2D eigenvalue weighted by atomic mass is 10.1. The van der Waals surface area contributed by atoms with Crippen molar-refractivity contribution in [1.82, 2.24) is 0 Å². The van der Waals surface area contributed by atoms with E-state index in [1.54, 1.807) is 0 Å². The Morgan fingerprint density at radius 2 is 1.45 bits per heavy atom. The molecular formula is C8H7Br2F. The van der Waals surface area contributed by atoms with E-state index >= 15 is 0 Å². The number of alkyl halides is 2. The second-order valence-electron chi connectivity index (χ2n) is 2.23. The molecular weight excluding hydrogens is 275 g/mol. The van der Waals surface area contributed by atoms with E-state index < -0.39 is 0 Å². The summed E-state index contributed by atoms with van der Waals surface area (Å²) in [5.41, 5.74) is 1.94. The van der Waals surface area contributed by atoms with Crippen molar-refractivity contribution >= 4 is 31.9 Å². The van der Waals surface area contributed by atoms with Gasteiger partial charge in [-0.2, -0.15) is 0 Å². The van der Waals surface area contributed by atoms with Gasteiger partial charge in [0.15, 0.2) is 0 Å². The highest BCUT2D eigenvalue weighted by atomic mass is 79.9. The van der Waals surface area contributed by atoms with Crippen LogP contribution in [0, 0.1) is 5.82 Å². The fourth-order valence-corrected chi connectivity index (χ4v) is 1.52. The molecule has 0 aliphatic heterocycles. The molecule has 1 rings (SSSR count). The Labute approximate surface area is 82.1 Å². The molecule has 0 atom stereocenters. The maximum atomic E-state index is 12.8. The Hall–Kier alpha value is 0.110. The first kappa shape index (κ1) is 9.20. The Balaban J connectivity index is 3.02. The monoisotopic (exact) mass is 280 g/mol. The third-order valence-electron chi connectivity index (χ3n) is 1.33. The fourth-order valence-electron chi connectivity index (χ4n) is 0.872. The van der Waals surface area contributed by atoms with E-state index in [0.717, 1.165) is 11.1 Å². The van der Waals surface area contributed by atoms with Crippen LogP contribution in [0.4, 0.5) is 4.39 Å². The second-order valence-corrected chi connectivity index (χ2v) is 3.36. The Kier molecular flexibility index (Phi) is 3.52. The Bertz CT molecular complexity index is 226. The van der Waals surface area contributed by atoms with Crippen molar-refractivity contribution in [3.63, 3.8) is 0 Å². The average Bonchev–Trinajstić information content (AvgIpc) is 2.03. The standard InChI is InChI=1S/C8H7Br2F/c9-4-6-1-7(5-10)3-8(11)2-6/h1-3H,4-5H2. The van der Waals surface area contributed by atoms with Crippen molar-refractivity contribution in [2.24, 2.45) is 0 Å². The number of benzene rings is 1. The van der Waals surface area contributed by atoms with Crippen LogP contribution in [-0.4, -0.2) is 0 Å². The summed E-state index contributed by atoms with van der Waals surface area (Å²) in [6.45, 7) is 0. The van der Waals surface area contributed by atoms with Crippen LogP contribution in [0.1, 0.15) is 11.1 Å². The molecule has 0 fully saturated rings. The Morgan fingerprint density at radius 3 is 1.82 bits per heavy atom. The second kappa shape index (κ2) is 4.21. The van der Waals surface area contributed by atoms with Crippen LogP contribution in [0.5, 0.6) is 0 Å². The molecule has 0 aromatic heterocycles. The molecule has 3 heteroatoms. The van der Waals surface area contributed by atoms with Crippen molar-refractivity contribution in [2.45, 2.75) is 10.7 Å².